The van der Waals surface area contributed by atoms with Crippen LogP contribution in [-0.2, 0) is 0 Å². The minimum Gasteiger partial charge on any atom is -0.288 e. The summed E-state index contributed by atoms with van der Waals surface area (Å²) in [5.74, 6) is 0. The van der Waals surface area contributed by atoms with Crippen LogP contribution in [-0.4, -0.2) is 14.5 Å². The summed E-state index contributed by atoms with van der Waals surface area (Å²) < 4.78 is 1.91. The molecule has 1 radical (unpaired) electrons. The molecule has 0 aliphatic heterocycles. The summed E-state index contributed by atoms with van der Waals surface area (Å²) in [5, 5.41) is 0. The maximum atomic E-state index is 4.16. The zero-order chi connectivity index (χ0) is 10.1. The van der Waals surface area contributed by atoms with E-state index in [2.05, 4.69) is 16.3 Å². The van der Waals surface area contributed by atoms with E-state index >= 15 is 0 Å². The van der Waals surface area contributed by atoms with Gasteiger partial charge in [-0.25, -0.2) is 9.97 Å². The molecule has 0 aliphatic carbocycles. The molecule has 71 valence electrons. The molecule has 15 heavy (non-hydrogen) atoms. The van der Waals surface area contributed by atoms with Crippen LogP contribution in [0.25, 0.3) is 16.9 Å². The van der Waals surface area contributed by atoms with E-state index in [4.69, 9.17) is 0 Å². The first-order valence-corrected chi connectivity index (χ1v) is 4.72. The Morgan fingerprint density at radius 3 is 2.73 bits per heavy atom. The Labute approximate surface area is 87.0 Å². The molecule has 0 aliphatic rings. The Balaban J connectivity index is 2.28. The highest BCUT2D eigenvalue weighted by Crippen LogP contribution is 2.14. The largest absolute Gasteiger partial charge is 0.288 e. The first kappa shape index (κ1) is 8.17. The number of hydrogen-bond donors (Lipinski definition) is 0. The predicted molar refractivity (Wildman–Crippen MR) is 57.7 cm³/mol. The first-order valence-electron chi connectivity index (χ1n) is 4.72. The molecule has 0 N–H and O–H groups in total. The maximum Gasteiger partial charge on any atom is 0.184 e. The van der Waals surface area contributed by atoms with E-state index in [9.17, 15) is 0 Å². The van der Waals surface area contributed by atoms with Crippen LogP contribution >= 0.6 is 0 Å². The van der Waals surface area contributed by atoms with Gasteiger partial charge in [0, 0.05) is 11.9 Å². The van der Waals surface area contributed by atoms with Crippen LogP contribution in [0.4, 0.5) is 0 Å². The second-order valence-electron chi connectivity index (χ2n) is 3.23. The third-order valence-corrected chi connectivity index (χ3v) is 2.28. The summed E-state index contributed by atoms with van der Waals surface area (Å²) in [5.41, 5.74) is 2.75. The van der Waals surface area contributed by atoms with Gasteiger partial charge >= 0.3 is 0 Å². The van der Waals surface area contributed by atoms with Gasteiger partial charge < -0.3 is 0 Å². The fourth-order valence-electron chi connectivity index (χ4n) is 1.57. The number of benzene rings is 1. The van der Waals surface area contributed by atoms with E-state index in [0.717, 1.165) is 16.9 Å². The van der Waals surface area contributed by atoms with Gasteiger partial charge in [0.2, 0.25) is 0 Å². The van der Waals surface area contributed by atoms with Gasteiger partial charge in [-0.2, -0.15) is 0 Å². The van der Waals surface area contributed by atoms with Crippen molar-refractivity contribution in [1.82, 2.24) is 14.5 Å². The highest BCUT2D eigenvalue weighted by atomic mass is 15.1. The van der Waals surface area contributed by atoms with Crippen molar-refractivity contribution in [3.8, 4) is 5.69 Å². The monoisotopic (exact) mass is 194 g/mol. The number of hydrogen-bond acceptors (Lipinski definition) is 2. The minimum absolute atomic E-state index is 0.723. The quantitative estimate of drug-likeness (QED) is 0.594. The second-order valence-corrected chi connectivity index (χ2v) is 3.23. The summed E-state index contributed by atoms with van der Waals surface area (Å²) >= 11 is 0. The third kappa shape index (κ3) is 1.29. The molecule has 0 amide bonds. The molecule has 3 rings (SSSR count). The fraction of sp³-hybridized carbons (Fsp3) is 0. The van der Waals surface area contributed by atoms with Crippen molar-refractivity contribution in [2.45, 2.75) is 0 Å². The second kappa shape index (κ2) is 3.20. The molecule has 2 heterocycles. The lowest BCUT2D eigenvalue weighted by atomic mass is 10.3. The summed E-state index contributed by atoms with van der Waals surface area (Å²) in [6, 6.07) is 13.9. The SMILES string of the molecule is [c]1nc2ncccc2n1-c1ccccc1. The molecule has 1 aromatic carbocycles. The van der Waals surface area contributed by atoms with Gasteiger partial charge in [-0.1, -0.05) is 18.2 Å². The van der Waals surface area contributed by atoms with Crippen LogP contribution in [0, 0.1) is 6.33 Å². The van der Waals surface area contributed by atoms with E-state index in [-0.39, 0.29) is 0 Å². The van der Waals surface area contributed by atoms with Crippen LogP contribution in [0.3, 0.4) is 0 Å². The Hall–Kier alpha value is -2.16. The van der Waals surface area contributed by atoms with Gasteiger partial charge in [0.15, 0.2) is 12.0 Å². The van der Waals surface area contributed by atoms with Gasteiger partial charge in [-0.15, -0.1) is 0 Å². The van der Waals surface area contributed by atoms with Gasteiger partial charge in [-0.3, -0.25) is 4.57 Å². The van der Waals surface area contributed by atoms with Gasteiger partial charge in [0.05, 0.1) is 5.52 Å². The molecule has 0 atom stereocenters. The van der Waals surface area contributed by atoms with Crippen LogP contribution in [0.2, 0.25) is 0 Å². The van der Waals surface area contributed by atoms with Crippen molar-refractivity contribution in [2.24, 2.45) is 0 Å². The molecular weight excluding hydrogens is 186 g/mol. The van der Waals surface area contributed by atoms with Crippen LogP contribution in [0.15, 0.2) is 48.7 Å². The van der Waals surface area contributed by atoms with Gasteiger partial charge in [0.1, 0.15) is 0 Å². The third-order valence-electron chi connectivity index (χ3n) is 2.28. The first-order chi connectivity index (χ1) is 7.45. The lowest BCUT2D eigenvalue weighted by molar-refractivity contribution is 1.08. The van der Waals surface area contributed by atoms with E-state index in [0.29, 0.717) is 0 Å². The lowest BCUT2D eigenvalue weighted by Crippen LogP contribution is -1.91. The minimum atomic E-state index is 0.723. The number of para-hydroxylation sites is 1. The predicted octanol–water partition coefficient (Wildman–Crippen LogP) is 2.22. The van der Waals surface area contributed by atoms with Crippen molar-refractivity contribution in [3.05, 3.63) is 55.0 Å². The summed E-state index contributed by atoms with van der Waals surface area (Å²) in [4.78, 5) is 8.29. The van der Waals surface area contributed by atoms with Crippen molar-refractivity contribution >= 4 is 11.2 Å². The van der Waals surface area contributed by atoms with E-state index < -0.39 is 0 Å². The number of imidazole rings is 1. The normalized spacial score (nSPS) is 10.7. The number of rotatable bonds is 1. The lowest BCUT2D eigenvalue weighted by Gasteiger charge is -2.01. The van der Waals surface area contributed by atoms with Crippen LogP contribution in [0.1, 0.15) is 0 Å². The molecule has 0 unspecified atom stereocenters. The Kier molecular flexibility index (Phi) is 1.75. The molecule has 0 fully saturated rings. The summed E-state index contributed by atoms with van der Waals surface area (Å²) in [7, 11) is 0. The van der Waals surface area contributed by atoms with E-state index in [1.807, 2.05) is 47.0 Å². The molecular formula is C12H8N3. The van der Waals surface area contributed by atoms with Crippen molar-refractivity contribution < 1.29 is 0 Å². The summed E-state index contributed by atoms with van der Waals surface area (Å²) in [6.07, 6.45) is 4.67. The van der Waals surface area contributed by atoms with E-state index in [1.165, 1.54) is 0 Å². The van der Waals surface area contributed by atoms with Crippen LogP contribution < -0.4 is 0 Å². The standard InChI is InChI=1S/C12H8N3/c1-2-5-10(6-3-1)15-9-14-12-11(15)7-4-8-13-12/h1-8H. The topological polar surface area (TPSA) is 30.7 Å². The average Bonchev–Trinajstić information content (AvgIpc) is 2.74. The van der Waals surface area contributed by atoms with Crippen molar-refractivity contribution in [1.29, 1.82) is 0 Å². The van der Waals surface area contributed by atoms with Gasteiger partial charge in [-0.05, 0) is 24.3 Å². The van der Waals surface area contributed by atoms with Gasteiger partial charge in [0.25, 0.3) is 0 Å². The smallest absolute Gasteiger partial charge is 0.184 e. The maximum absolute atomic E-state index is 4.16. The Bertz CT molecular complexity index is 584. The number of fused-ring (bicyclic) bond motifs is 1. The average molecular weight is 194 g/mol. The zero-order valence-electron chi connectivity index (χ0n) is 7.96. The summed E-state index contributed by atoms with van der Waals surface area (Å²) in [6.45, 7) is 0. The molecule has 0 saturated heterocycles. The highest BCUT2D eigenvalue weighted by molar-refractivity contribution is 5.72. The van der Waals surface area contributed by atoms with Crippen LogP contribution in [0.5, 0.6) is 0 Å². The van der Waals surface area contributed by atoms with Crippen molar-refractivity contribution in [3.63, 3.8) is 0 Å². The highest BCUT2D eigenvalue weighted by Gasteiger charge is 2.03. The molecule has 0 spiro atoms. The molecule has 0 bridgehead atoms. The molecule has 2 aromatic heterocycles. The Morgan fingerprint density at radius 2 is 1.87 bits per heavy atom. The fourth-order valence-corrected chi connectivity index (χ4v) is 1.57. The molecule has 3 nitrogen and oxygen atoms in total. The molecule has 3 aromatic rings. The Morgan fingerprint density at radius 1 is 1.00 bits per heavy atom. The van der Waals surface area contributed by atoms with Crippen molar-refractivity contribution in [2.75, 3.05) is 0 Å². The number of nitrogens with zero attached hydrogens (tertiary/aromatic N) is 3. The van der Waals surface area contributed by atoms with E-state index in [1.54, 1.807) is 6.20 Å². The molecule has 0 saturated carbocycles. The number of pyridine rings is 1. The molecule has 3 heteroatoms. The zero-order valence-corrected chi connectivity index (χ0v) is 7.96. The number of aromatic nitrogens is 3.